The number of methoxy groups -OCH3 is 2. The van der Waals surface area contributed by atoms with Crippen LogP contribution in [0.4, 0.5) is 10.1 Å². The first-order valence-corrected chi connectivity index (χ1v) is 9.94. The van der Waals surface area contributed by atoms with Crippen molar-refractivity contribution in [2.24, 2.45) is 0 Å². The third-order valence-electron chi connectivity index (χ3n) is 5.33. The molecule has 3 heterocycles. The molecule has 0 amide bonds. The molecule has 1 aromatic carbocycles. The zero-order chi connectivity index (χ0) is 20.4. The highest BCUT2D eigenvalue weighted by Gasteiger charge is 2.18. The molecule has 0 bridgehead atoms. The van der Waals surface area contributed by atoms with Crippen molar-refractivity contribution in [3.05, 3.63) is 41.7 Å². The molecule has 1 saturated heterocycles. The number of hydrogen-bond acceptors (Lipinski definition) is 5. The molecule has 1 aliphatic heterocycles. The molecule has 1 aliphatic rings. The molecule has 2 aromatic heterocycles. The third-order valence-corrected chi connectivity index (χ3v) is 5.63. The number of alkyl halides is 1. The maximum absolute atomic E-state index is 12.5. The van der Waals surface area contributed by atoms with Crippen LogP contribution < -0.4 is 14.4 Å². The van der Waals surface area contributed by atoms with Crippen LogP contribution in [0.2, 0.25) is 5.02 Å². The zero-order valence-corrected chi connectivity index (χ0v) is 17.3. The Morgan fingerprint density at radius 1 is 1.07 bits per heavy atom. The van der Waals surface area contributed by atoms with E-state index < -0.39 is 0 Å². The van der Waals surface area contributed by atoms with Crippen LogP contribution >= 0.6 is 11.6 Å². The van der Waals surface area contributed by atoms with Gasteiger partial charge in [-0.25, -0.2) is 9.37 Å². The van der Waals surface area contributed by atoms with Gasteiger partial charge < -0.3 is 18.8 Å². The predicted octanol–water partition coefficient (Wildman–Crippen LogP) is 3.76. The SMILES string of the molecule is COc1cc(OC)c(-c2cn3ccc(N4CCN(CCF)CC4)cc3n2)cc1Cl. The number of hydrogen-bond donors (Lipinski definition) is 0. The number of ether oxygens (including phenoxy) is 2. The number of aromatic nitrogens is 2. The molecule has 4 rings (SSSR count). The highest BCUT2D eigenvalue weighted by molar-refractivity contribution is 6.32. The van der Waals surface area contributed by atoms with Gasteiger partial charge in [-0.3, -0.25) is 4.90 Å². The highest BCUT2D eigenvalue weighted by Crippen LogP contribution is 2.38. The molecule has 1 fully saturated rings. The molecular formula is C21H24ClFN4O2. The van der Waals surface area contributed by atoms with Crippen LogP contribution in [0.1, 0.15) is 0 Å². The number of imidazole rings is 1. The Morgan fingerprint density at radius 3 is 2.52 bits per heavy atom. The monoisotopic (exact) mass is 418 g/mol. The Labute approximate surface area is 174 Å². The zero-order valence-electron chi connectivity index (χ0n) is 16.6. The molecule has 0 spiro atoms. The van der Waals surface area contributed by atoms with Gasteiger partial charge in [0.25, 0.3) is 0 Å². The number of anilines is 1. The Hall–Kier alpha value is -2.51. The van der Waals surface area contributed by atoms with Crippen LogP contribution in [0.3, 0.4) is 0 Å². The molecule has 3 aromatic rings. The minimum atomic E-state index is -0.290. The van der Waals surface area contributed by atoms with Crippen molar-refractivity contribution in [3.8, 4) is 22.8 Å². The smallest absolute Gasteiger partial charge is 0.141 e. The number of rotatable bonds is 6. The summed E-state index contributed by atoms with van der Waals surface area (Å²) in [7, 11) is 3.19. The molecule has 0 saturated carbocycles. The summed E-state index contributed by atoms with van der Waals surface area (Å²) in [5, 5.41) is 0.507. The maximum Gasteiger partial charge on any atom is 0.141 e. The number of nitrogens with zero attached hydrogens (tertiary/aromatic N) is 4. The van der Waals surface area contributed by atoms with Crippen LogP contribution in [0.15, 0.2) is 36.7 Å². The largest absolute Gasteiger partial charge is 0.496 e. The van der Waals surface area contributed by atoms with E-state index in [4.69, 9.17) is 26.1 Å². The topological polar surface area (TPSA) is 42.2 Å². The Bertz CT molecular complexity index is 1000. The fourth-order valence-electron chi connectivity index (χ4n) is 3.71. The second kappa shape index (κ2) is 8.47. The molecule has 6 nitrogen and oxygen atoms in total. The van der Waals surface area contributed by atoms with Crippen LogP contribution in [-0.2, 0) is 0 Å². The Morgan fingerprint density at radius 2 is 1.83 bits per heavy atom. The number of pyridine rings is 1. The van der Waals surface area contributed by atoms with E-state index in [0.717, 1.165) is 48.8 Å². The lowest BCUT2D eigenvalue weighted by Crippen LogP contribution is -2.47. The number of halogens is 2. The summed E-state index contributed by atoms with van der Waals surface area (Å²) in [5.74, 6) is 1.21. The first kappa shape index (κ1) is 19.8. The van der Waals surface area contributed by atoms with Crippen LogP contribution in [0.25, 0.3) is 16.9 Å². The van der Waals surface area contributed by atoms with Crippen molar-refractivity contribution in [3.63, 3.8) is 0 Å². The molecule has 0 atom stereocenters. The summed E-state index contributed by atoms with van der Waals surface area (Å²) in [6, 6.07) is 7.74. The lowest BCUT2D eigenvalue weighted by molar-refractivity contribution is 0.235. The molecule has 154 valence electrons. The summed E-state index contributed by atoms with van der Waals surface area (Å²) < 4.78 is 25.3. The number of benzene rings is 1. The molecule has 0 N–H and O–H groups in total. The van der Waals surface area contributed by atoms with Crippen molar-refractivity contribution in [1.82, 2.24) is 14.3 Å². The van der Waals surface area contributed by atoms with Gasteiger partial charge in [0.1, 0.15) is 23.8 Å². The fraction of sp³-hybridized carbons (Fsp3) is 0.381. The van der Waals surface area contributed by atoms with E-state index in [1.807, 2.05) is 22.9 Å². The van der Waals surface area contributed by atoms with Crippen LogP contribution in [0.5, 0.6) is 11.5 Å². The fourth-order valence-corrected chi connectivity index (χ4v) is 3.95. The lowest BCUT2D eigenvalue weighted by Gasteiger charge is -2.35. The molecule has 0 radical (unpaired) electrons. The second-order valence-electron chi connectivity index (χ2n) is 6.98. The van der Waals surface area contributed by atoms with Gasteiger partial charge >= 0.3 is 0 Å². The van der Waals surface area contributed by atoms with Crippen molar-refractivity contribution in [1.29, 1.82) is 0 Å². The molecular weight excluding hydrogens is 395 g/mol. The minimum absolute atomic E-state index is 0.290. The number of fused-ring (bicyclic) bond motifs is 1. The van der Waals surface area contributed by atoms with Crippen molar-refractivity contribution < 1.29 is 13.9 Å². The summed E-state index contributed by atoms with van der Waals surface area (Å²) in [6.45, 7) is 3.73. The van der Waals surface area contributed by atoms with E-state index in [1.54, 1.807) is 20.3 Å². The van der Waals surface area contributed by atoms with E-state index >= 15 is 0 Å². The van der Waals surface area contributed by atoms with Gasteiger partial charge in [-0.05, 0) is 12.1 Å². The van der Waals surface area contributed by atoms with Crippen LogP contribution in [-0.4, -0.2) is 67.9 Å². The van der Waals surface area contributed by atoms with E-state index in [-0.39, 0.29) is 6.67 Å². The predicted molar refractivity (Wildman–Crippen MR) is 113 cm³/mol. The summed E-state index contributed by atoms with van der Waals surface area (Å²) in [5.41, 5.74) is 3.55. The summed E-state index contributed by atoms with van der Waals surface area (Å²) in [4.78, 5) is 9.25. The minimum Gasteiger partial charge on any atom is -0.496 e. The van der Waals surface area contributed by atoms with E-state index in [2.05, 4.69) is 21.9 Å². The molecule has 0 aliphatic carbocycles. The first-order chi connectivity index (χ1) is 14.1. The van der Waals surface area contributed by atoms with Gasteiger partial charge in [0, 0.05) is 68.5 Å². The Balaban J connectivity index is 1.62. The van der Waals surface area contributed by atoms with Gasteiger partial charge in [-0.15, -0.1) is 0 Å². The van der Waals surface area contributed by atoms with E-state index in [1.165, 1.54) is 0 Å². The molecule has 0 unspecified atom stereocenters. The van der Waals surface area contributed by atoms with Gasteiger partial charge in [0.15, 0.2) is 0 Å². The maximum atomic E-state index is 12.5. The molecule has 8 heteroatoms. The van der Waals surface area contributed by atoms with Crippen molar-refractivity contribution >= 4 is 22.9 Å². The average molecular weight is 419 g/mol. The Kier molecular flexibility index (Phi) is 5.78. The summed E-state index contributed by atoms with van der Waals surface area (Å²) >= 11 is 6.32. The number of piperazine rings is 1. The first-order valence-electron chi connectivity index (χ1n) is 9.57. The lowest BCUT2D eigenvalue weighted by atomic mass is 10.1. The highest BCUT2D eigenvalue weighted by atomic mass is 35.5. The second-order valence-corrected chi connectivity index (χ2v) is 7.39. The van der Waals surface area contributed by atoms with Gasteiger partial charge in [-0.1, -0.05) is 11.6 Å². The van der Waals surface area contributed by atoms with Crippen molar-refractivity contribution in [2.75, 3.05) is 58.5 Å². The average Bonchev–Trinajstić information content (AvgIpc) is 3.17. The molecule has 29 heavy (non-hydrogen) atoms. The third kappa shape index (κ3) is 3.97. The van der Waals surface area contributed by atoms with E-state index in [9.17, 15) is 4.39 Å². The standard InChI is InChI=1S/C21H24ClFN4O2/c1-28-19-13-20(29-2)17(22)12-16(19)18-14-27-5-3-15(11-21(27)24-18)26-9-7-25(6-4-23)8-10-26/h3,5,11-14H,4,6-10H2,1-2H3. The quantitative estimate of drug-likeness (QED) is 0.609. The van der Waals surface area contributed by atoms with Crippen LogP contribution in [0, 0.1) is 0 Å². The normalized spacial score (nSPS) is 15.1. The summed E-state index contributed by atoms with van der Waals surface area (Å²) in [6.07, 6.45) is 3.96. The van der Waals surface area contributed by atoms with Gasteiger partial charge in [-0.2, -0.15) is 0 Å². The van der Waals surface area contributed by atoms with Crippen molar-refractivity contribution in [2.45, 2.75) is 0 Å². The van der Waals surface area contributed by atoms with E-state index in [0.29, 0.717) is 23.1 Å². The van der Waals surface area contributed by atoms with Gasteiger partial charge in [0.05, 0.1) is 24.9 Å². The van der Waals surface area contributed by atoms with Gasteiger partial charge in [0.2, 0.25) is 0 Å².